The van der Waals surface area contributed by atoms with Crippen molar-refractivity contribution in [2.45, 2.75) is 213 Å². The summed E-state index contributed by atoms with van der Waals surface area (Å²) >= 11 is 0. The van der Waals surface area contributed by atoms with Crippen LogP contribution in [0.15, 0.2) is 60.8 Å². The van der Waals surface area contributed by atoms with Gasteiger partial charge in [0, 0.05) is 13.0 Å². The van der Waals surface area contributed by atoms with Crippen molar-refractivity contribution in [2.75, 3.05) is 19.8 Å². The summed E-state index contributed by atoms with van der Waals surface area (Å²) in [6.07, 6.45) is 58.5. The van der Waals surface area contributed by atoms with E-state index in [-0.39, 0.29) is 19.2 Å². The van der Waals surface area contributed by atoms with E-state index in [0.717, 1.165) is 64.2 Å². The fourth-order valence-electron chi connectivity index (χ4n) is 6.12. The Morgan fingerprint density at radius 1 is 0.490 bits per heavy atom. The number of rotatable bonds is 40. The summed E-state index contributed by atoms with van der Waals surface area (Å²) in [4.78, 5) is 12.2. The van der Waals surface area contributed by atoms with Crippen molar-refractivity contribution < 1.29 is 19.4 Å². The third kappa shape index (κ3) is 42.4. The molecular weight excluding hydrogens is 629 g/mol. The molecule has 0 radical (unpaired) electrons. The van der Waals surface area contributed by atoms with Crippen LogP contribution in [0, 0.1) is 0 Å². The van der Waals surface area contributed by atoms with E-state index in [9.17, 15) is 9.90 Å². The number of carbonyl (C=O) groups excluding carboxylic acids is 1. The van der Waals surface area contributed by atoms with Crippen molar-refractivity contribution in [1.29, 1.82) is 0 Å². The molecule has 0 amide bonds. The zero-order valence-electron chi connectivity index (χ0n) is 33.9. The Kier molecular flexibility index (Phi) is 42.6. The Balaban J connectivity index is 3.48. The summed E-state index contributed by atoms with van der Waals surface area (Å²) in [7, 11) is 0. The Morgan fingerprint density at radius 3 is 1.33 bits per heavy atom. The molecule has 1 N–H and O–H groups in total. The first-order valence-corrected chi connectivity index (χ1v) is 21.9. The van der Waals surface area contributed by atoms with E-state index in [4.69, 9.17) is 9.47 Å². The molecule has 0 aromatic rings. The minimum atomic E-state index is -0.545. The first-order valence-electron chi connectivity index (χ1n) is 21.9. The van der Waals surface area contributed by atoms with Crippen molar-refractivity contribution in [3.8, 4) is 0 Å². The molecule has 4 heteroatoms. The monoisotopic (exact) mass is 713 g/mol. The van der Waals surface area contributed by atoms with Gasteiger partial charge in [0.05, 0.1) is 13.2 Å². The number of hydrogen-bond donors (Lipinski definition) is 1. The largest absolute Gasteiger partial charge is 0.457 e. The normalized spacial score (nSPS) is 12.9. The highest BCUT2D eigenvalue weighted by atomic mass is 16.6. The Hall–Kier alpha value is -1.91. The third-order valence-corrected chi connectivity index (χ3v) is 9.36. The van der Waals surface area contributed by atoms with Gasteiger partial charge in [0.2, 0.25) is 0 Å². The van der Waals surface area contributed by atoms with Crippen molar-refractivity contribution in [3.63, 3.8) is 0 Å². The molecule has 0 saturated carbocycles. The molecule has 0 spiro atoms. The summed E-state index contributed by atoms with van der Waals surface area (Å²) in [5, 5.41) is 9.61. The van der Waals surface area contributed by atoms with E-state index >= 15 is 0 Å². The van der Waals surface area contributed by atoms with Gasteiger partial charge in [-0.05, 0) is 57.8 Å². The minimum Gasteiger partial charge on any atom is -0.457 e. The second kappa shape index (κ2) is 44.3. The van der Waals surface area contributed by atoms with E-state index < -0.39 is 6.10 Å². The lowest BCUT2D eigenvalue weighted by molar-refractivity contribution is -0.154. The molecule has 0 aliphatic heterocycles. The fourth-order valence-corrected chi connectivity index (χ4v) is 6.12. The summed E-state index contributed by atoms with van der Waals surface area (Å²) in [6.45, 7) is 5.23. The van der Waals surface area contributed by atoms with Crippen molar-refractivity contribution >= 4 is 5.97 Å². The molecule has 0 fully saturated rings. The lowest BCUT2D eigenvalue weighted by Gasteiger charge is -2.15. The van der Waals surface area contributed by atoms with Crippen LogP contribution in [-0.2, 0) is 14.3 Å². The standard InChI is InChI=1S/C47H84O4/c1-3-5-7-9-11-13-15-17-19-21-23-24-25-26-28-30-32-34-36-38-40-42-47(49)51-46(44-48)45-50-43-41-39-37-35-33-31-29-27-22-20-18-16-14-12-10-8-6-4-2/h5,7,11,13,17,19,23-24,26,28,46,48H,3-4,6,8-10,12,14-16,18,20-22,25,27,29-45H2,1-2H3/b7-5-,13-11-,19-17-,24-23-,28-26-. The van der Waals surface area contributed by atoms with Crippen LogP contribution in [0.1, 0.15) is 206 Å². The number of unbranched alkanes of at least 4 members (excludes halogenated alkanes) is 22. The van der Waals surface area contributed by atoms with Crippen LogP contribution >= 0.6 is 0 Å². The van der Waals surface area contributed by atoms with E-state index in [2.05, 4.69) is 74.6 Å². The summed E-state index contributed by atoms with van der Waals surface area (Å²) in [5.74, 6) is -0.218. The number of aliphatic hydroxyl groups excluding tert-OH is 1. The maximum atomic E-state index is 12.2. The highest BCUT2D eigenvalue weighted by Crippen LogP contribution is 2.15. The molecule has 0 aromatic heterocycles. The SMILES string of the molecule is CC/C=C\C/C=C\C/C=C\C/C=C\C/C=C\CCCCCCCC(=O)OC(CO)COCCCCCCCCCCCCCCCCCCCC. The zero-order chi connectivity index (χ0) is 37.0. The molecule has 0 bridgehead atoms. The van der Waals surface area contributed by atoms with Gasteiger partial charge in [0.15, 0.2) is 0 Å². The number of esters is 1. The second-order valence-electron chi connectivity index (χ2n) is 14.4. The Morgan fingerprint density at radius 2 is 0.882 bits per heavy atom. The molecular formula is C47H84O4. The van der Waals surface area contributed by atoms with Crippen LogP contribution in [0.5, 0.6) is 0 Å². The average Bonchev–Trinajstić information content (AvgIpc) is 3.14. The molecule has 0 rings (SSSR count). The zero-order valence-corrected chi connectivity index (χ0v) is 33.9. The predicted octanol–water partition coefficient (Wildman–Crippen LogP) is 14.4. The van der Waals surface area contributed by atoms with Gasteiger partial charge in [-0.3, -0.25) is 4.79 Å². The van der Waals surface area contributed by atoms with Crippen LogP contribution < -0.4 is 0 Å². The van der Waals surface area contributed by atoms with Gasteiger partial charge in [0.25, 0.3) is 0 Å². The lowest BCUT2D eigenvalue weighted by atomic mass is 10.0. The molecule has 1 atom stereocenters. The van der Waals surface area contributed by atoms with Crippen LogP contribution in [0.4, 0.5) is 0 Å². The molecule has 0 aliphatic carbocycles. The highest BCUT2D eigenvalue weighted by molar-refractivity contribution is 5.69. The molecule has 0 saturated heterocycles. The van der Waals surface area contributed by atoms with Crippen molar-refractivity contribution in [3.05, 3.63) is 60.8 Å². The number of hydrogen-bond acceptors (Lipinski definition) is 4. The van der Waals surface area contributed by atoms with Gasteiger partial charge in [-0.15, -0.1) is 0 Å². The fraction of sp³-hybridized carbons (Fsp3) is 0.766. The van der Waals surface area contributed by atoms with Crippen LogP contribution in [-0.4, -0.2) is 37.0 Å². The summed E-state index contributed by atoms with van der Waals surface area (Å²) in [5.41, 5.74) is 0. The quantitative estimate of drug-likeness (QED) is 0.0390. The Bertz CT molecular complexity index is 839. The second-order valence-corrected chi connectivity index (χ2v) is 14.4. The number of carbonyl (C=O) groups is 1. The highest BCUT2D eigenvalue weighted by Gasteiger charge is 2.13. The van der Waals surface area contributed by atoms with Gasteiger partial charge >= 0.3 is 5.97 Å². The number of aliphatic hydroxyl groups is 1. The van der Waals surface area contributed by atoms with Crippen molar-refractivity contribution in [1.82, 2.24) is 0 Å². The predicted molar refractivity (Wildman–Crippen MR) is 223 cm³/mol. The van der Waals surface area contributed by atoms with Gasteiger partial charge in [-0.1, -0.05) is 203 Å². The minimum absolute atomic E-state index is 0.180. The van der Waals surface area contributed by atoms with Crippen molar-refractivity contribution in [2.24, 2.45) is 0 Å². The van der Waals surface area contributed by atoms with E-state index in [0.29, 0.717) is 13.0 Å². The van der Waals surface area contributed by atoms with Gasteiger partial charge in [-0.2, -0.15) is 0 Å². The maximum absolute atomic E-state index is 12.2. The average molecular weight is 713 g/mol. The summed E-state index contributed by atoms with van der Waals surface area (Å²) in [6, 6.07) is 0. The lowest BCUT2D eigenvalue weighted by Crippen LogP contribution is -2.27. The van der Waals surface area contributed by atoms with Crippen LogP contribution in [0.2, 0.25) is 0 Å². The van der Waals surface area contributed by atoms with Crippen LogP contribution in [0.3, 0.4) is 0 Å². The van der Waals surface area contributed by atoms with Gasteiger partial charge in [0.1, 0.15) is 6.10 Å². The molecule has 4 nitrogen and oxygen atoms in total. The first-order chi connectivity index (χ1) is 25.2. The molecule has 0 heterocycles. The molecule has 51 heavy (non-hydrogen) atoms. The third-order valence-electron chi connectivity index (χ3n) is 9.36. The van der Waals surface area contributed by atoms with E-state index in [1.165, 1.54) is 122 Å². The molecule has 0 aromatic carbocycles. The smallest absolute Gasteiger partial charge is 0.306 e. The summed E-state index contributed by atoms with van der Waals surface area (Å²) < 4.78 is 11.2. The molecule has 296 valence electrons. The van der Waals surface area contributed by atoms with Gasteiger partial charge in [-0.25, -0.2) is 0 Å². The van der Waals surface area contributed by atoms with E-state index in [1.54, 1.807) is 0 Å². The van der Waals surface area contributed by atoms with Gasteiger partial charge < -0.3 is 14.6 Å². The van der Waals surface area contributed by atoms with E-state index in [1.807, 2.05) is 0 Å². The number of ether oxygens (including phenoxy) is 2. The molecule has 1 unspecified atom stereocenters. The topological polar surface area (TPSA) is 55.8 Å². The molecule has 0 aliphatic rings. The van der Waals surface area contributed by atoms with Crippen LogP contribution in [0.25, 0.3) is 0 Å². The first kappa shape index (κ1) is 49.1. The Labute approximate surface area is 317 Å². The maximum Gasteiger partial charge on any atom is 0.306 e. The number of allylic oxidation sites excluding steroid dienone is 10.